The number of hydrogen-bond donors (Lipinski definition) is 2. The minimum atomic E-state index is 0.263. The molecule has 104 valence electrons. The quantitative estimate of drug-likeness (QED) is 0.838. The molecule has 3 rings (SSSR count). The molecule has 1 aromatic heterocycles. The molecule has 2 aromatic rings. The molecule has 0 amide bonds. The largest absolute Gasteiger partial charge is 0.481 e. The van der Waals surface area contributed by atoms with Gasteiger partial charge >= 0.3 is 0 Å². The summed E-state index contributed by atoms with van der Waals surface area (Å²) in [7, 11) is 1.60. The molecular weight excluding hydrogens is 252 g/mol. The van der Waals surface area contributed by atoms with Crippen LogP contribution in [0.25, 0.3) is 0 Å². The summed E-state index contributed by atoms with van der Waals surface area (Å²) in [6, 6.07) is 8.22. The molecular formula is C15H18N4O. The Morgan fingerprint density at radius 2 is 2.20 bits per heavy atom. The van der Waals surface area contributed by atoms with E-state index in [2.05, 4.69) is 27.4 Å². The first-order valence-corrected chi connectivity index (χ1v) is 6.77. The summed E-state index contributed by atoms with van der Waals surface area (Å²) in [5.41, 5.74) is 9.32. The van der Waals surface area contributed by atoms with E-state index in [-0.39, 0.29) is 6.04 Å². The van der Waals surface area contributed by atoms with E-state index in [9.17, 15) is 0 Å². The van der Waals surface area contributed by atoms with Gasteiger partial charge in [0.15, 0.2) is 0 Å². The predicted molar refractivity (Wildman–Crippen MR) is 78.7 cm³/mol. The van der Waals surface area contributed by atoms with Crippen molar-refractivity contribution in [3.63, 3.8) is 0 Å². The van der Waals surface area contributed by atoms with Crippen LogP contribution < -0.4 is 15.8 Å². The van der Waals surface area contributed by atoms with Crippen LogP contribution in [0.5, 0.6) is 5.88 Å². The first-order chi connectivity index (χ1) is 9.76. The van der Waals surface area contributed by atoms with Gasteiger partial charge in [-0.15, -0.1) is 0 Å². The fourth-order valence-electron chi connectivity index (χ4n) is 2.69. The first-order valence-electron chi connectivity index (χ1n) is 6.77. The molecule has 0 aliphatic heterocycles. The summed E-state index contributed by atoms with van der Waals surface area (Å²) in [5.74, 6) is 1.35. The van der Waals surface area contributed by atoms with Crippen LogP contribution in [0.2, 0.25) is 0 Å². The number of nitrogens with one attached hydrogen (secondary N) is 1. The van der Waals surface area contributed by atoms with Crippen LogP contribution in [0.1, 0.15) is 30.0 Å². The van der Waals surface area contributed by atoms with Gasteiger partial charge in [0.25, 0.3) is 0 Å². The lowest BCUT2D eigenvalue weighted by molar-refractivity contribution is 0.397. The lowest BCUT2D eigenvalue weighted by Crippen LogP contribution is -2.18. The zero-order valence-corrected chi connectivity index (χ0v) is 11.5. The summed E-state index contributed by atoms with van der Waals surface area (Å²) in [6.07, 6.45) is 4.83. The number of fused-ring (bicyclic) bond motifs is 1. The van der Waals surface area contributed by atoms with E-state index in [1.807, 2.05) is 12.1 Å². The maximum absolute atomic E-state index is 5.86. The number of rotatable bonds is 3. The summed E-state index contributed by atoms with van der Waals surface area (Å²) in [6.45, 7) is 0. The van der Waals surface area contributed by atoms with Crippen molar-refractivity contribution in [2.75, 3.05) is 18.2 Å². The van der Waals surface area contributed by atoms with Crippen LogP contribution in [0.4, 0.5) is 11.5 Å². The molecule has 0 fully saturated rings. The zero-order chi connectivity index (χ0) is 13.9. The minimum Gasteiger partial charge on any atom is -0.481 e. The SMILES string of the molecule is COc1cc(NC2CCCc3cc(N)ccc32)ncn1. The smallest absolute Gasteiger partial charge is 0.218 e. The summed E-state index contributed by atoms with van der Waals surface area (Å²) >= 11 is 0. The van der Waals surface area contributed by atoms with Gasteiger partial charge in [-0.1, -0.05) is 6.07 Å². The Hall–Kier alpha value is -2.30. The molecule has 0 bridgehead atoms. The van der Waals surface area contributed by atoms with Crippen molar-refractivity contribution in [3.8, 4) is 5.88 Å². The van der Waals surface area contributed by atoms with Crippen LogP contribution in [-0.2, 0) is 6.42 Å². The van der Waals surface area contributed by atoms with Gasteiger partial charge in [0, 0.05) is 11.8 Å². The van der Waals surface area contributed by atoms with E-state index in [4.69, 9.17) is 10.5 Å². The second-order valence-corrected chi connectivity index (χ2v) is 4.99. The fraction of sp³-hybridized carbons (Fsp3) is 0.333. The van der Waals surface area contributed by atoms with Gasteiger partial charge in [-0.05, 0) is 42.5 Å². The summed E-state index contributed by atoms with van der Waals surface area (Å²) in [4.78, 5) is 8.26. The average Bonchev–Trinajstić information content (AvgIpc) is 2.47. The maximum atomic E-state index is 5.86. The van der Waals surface area contributed by atoms with Crippen molar-refractivity contribution in [1.29, 1.82) is 0 Å². The number of aromatic nitrogens is 2. The number of nitrogens with two attached hydrogens (primary N) is 1. The molecule has 20 heavy (non-hydrogen) atoms. The third-order valence-corrected chi connectivity index (χ3v) is 3.65. The lowest BCUT2D eigenvalue weighted by Gasteiger charge is -2.27. The molecule has 1 aromatic carbocycles. The third-order valence-electron chi connectivity index (χ3n) is 3.65. The molecule has 1 aliphatic rings. The fourth-order valence-corrected chi connectivity index (χ4v) is 2.69. The molecule has 0 radical (unpaired) electrons. The molecule has 5 heteroatoms. The molecule has 1 aliphatic carbocycles. The van der Waals surface area contributed by atoms with Gasteiger partial charge in [-0.25, -0.2) is 9.97 Å². The van der Waals surface area contributed by atoms with Crippen LogP contribution in [0.15, 0.2) is 30.6 Å². The first kappa shape index (κ1) is 12.7. The van der Waals surface area contributed by atoms with Crippen molar-refractivity contribution >= 4 is 11.5 Å². The van der Waals surface area contributed by atoms with Crippen LogP contribution in [0.3, 0.4) is 0 Å². The van der Waals surface area contributed by atoms with Gasteiger partial charge in [0.05, 0.1) is 13.2 Å². The highest BCUT2D eigenvalue weighted by molar-refractivity contribution is 5.49. The number of ether oxygens (including phenoxy) is 1. The van der Waals surface area contributed by atoms with E-state index >= 15 is 0 Å². The van der Waals surface area contributed by atoms with Gasteiger partial charge in [0.1, 0.15) is 12.1 Å². The molecule has 1 atom stereocenters. The highest BCUT2D eigenvalue weighted by Gasteiger charge is 2.20. The number of methoxy groups -OCH3 is 1. The second-order valence-electron chi connectivity index (χ2n) is 4.99. The number of anilines is 2. The number of nitrogen functional groups attached to an aromatic ring is 1. The van der Waals surface area contributed by atoms with E-state index in [1.54, 1.807) is 7.11 Å². The Bertz CT molecular complexity index is 615. The molecule has 0 spiro atoms. The minimum absolute atomic E-state index is 0.263. The van der Waals surface area contributed by atoms with Crippen molar-refractivity contribution in [2.24, 2.45) is 0 Å². The highest BCUT2D eigenvalue weighted by Crippen LogP contribution is 2.33. The average molecular weight is 270 g/mol. The van der Waals surface area contributed by atoms with Gasteiger partial charge < -0.3 is 15.8 Å². The number of hydrogen-bond acceptors (Lipinski definition) is 5. The number of benzene rings is 1. The number of aryl methyl sites for hydroxylation is 1. The molecule has 1 heterocycles. The van der Waals surface area contributed by atoms with Gasteiger partial charge in [0.2, 0.25) is 5.88 Å². The molecule has 1 unspecified atom stereocenters. The summed E-state index contributed by atoms with van der Waals surface area (Å²) in [5, 5.41) is 3.46. The van der Waals surface area contributed by atoms with Crippen molar-refractivity contribution in [2.45, 2.75) is 25.3 Å². The number of nitrogens with zero attached hydrogens (tertiary/aromatic N) is 2. The topological polar surface area (TPSA) is 73.1 Å². The highest BCUT2D eigenvalue weighted by atomic mass is 16.5. The van der Waals surface area contributed by atoms with Crippen LogP contribution in [0, 0.1) is 0 Å². The van der Waals surface area contributed by atoms with Crippen molar-refractivity contribution in [3.05, 3.63) is 41.7 Å². The molecule has 0 saturated carbocycles. The second kappa shape index (κ2) is 5.36. The maximum Gasteiger partial charge on any atom is 0.218 e. The third kappa shape index (κ3) is 2.52. The van der Waals surface area contributed by atoms with E-state index in [0.717, 1.165) is 30.8 Å². The van der Waals surface area contributed by atoms with E-state index < -0.39 is 0 Å². The zero-order valence-electron chi connectivity index (χ0n) is 11.5. The van der Waals surface area contributed by atoms with Crippen molar-refractivity contribution < 1.29 is 4.74 Å². The van der Waals surface area contributed by atoms with Crippen LogP contribution in [-0.4, -0.2) is 17.1 Å². The molecule has 5 nitrogen and oxygen atoms in total. The monoisotopic (exact) mass is 270 g/mol. The molecule has 0 saturated heterocycles. The van der Waals surface area contributed by atoms with Gasteiger partial charge in [-0.2, -0.15) is 0 Å². The Labute approximate surface area is 118 Å². The van der Waals surface area contributed by atoms with Crippen molar-refractivity contribution in [1.82, 2.24) is 9.97 Å². The summed E-state index contributed by atoms with van der Waals surface area (Å²) < 4.78 is 5.12. The van der Waals surface area contributed by atoms with Crippen LogP contribution >= 0.6 is 0 Å². The predicted octanol–water partition coefficient (Wildman–Crippen LogP) is 2.56. The Kier molecular flexibility index (Phi) is 3.41. The Balaban J connectivity index is 1.85. The van der Waals surface area contributed by atoms with E-state index in [0.29, 0.717) is 5.88 Å². The van der Waals surface area contributed by atoms with Gasteiger partial charge in [-0.3, -0.25) is 0 Å². The lowest BCUT2D eigenvalue weighted by atomic mass is 9.87. The molecule has 3 N–H and O–H groups in total. The van der Waals surface area contributed by atoms with E-state index in [1.165, 1.54) is 17.5 Å². The Morgan fingerprint density at radius 3 is 3.05 bits per heavy atom. The Morgan fingerprint density at radius 1 is 1.30 bits per heavy atom. The standard InChI is InChI=1S/C15H18N4O/c1-20-15-8-14(17-9-18-15)19-13-4-2-3-10-7-11(16)5-6-12(10)13/h5-9,13H,2-4,16H2,1H3,(H,17,18,19). The normalized spacial score (nSPS) is 17.4.